The first-order valence-electron chi connectivity index (χ1n) is 6.18. The van der Waals surface area contributed by atoms with E-state index in [0.29, 0.717) is 6.54 Å². The van der Waals surface area contributed by atoms with E-state index in [2.05, 4.69) is 68.0 Å². The van der Waals surface area contributed by atoms with Gasteiger partial charge in [0.05, 0.1) is 18.1 Å². The van der Waals surface area contributed by atoms with Crippen LogP contribution in [0.15, 0.2) is 50.3 Å². The first-order chi connectivity index (χ1) is 9.60. The third-order valence-corrected chi connectivity index (χ3v) is 3.91. The van der Waals surface area contributed by atoms with Crippen LogP contribution in [0.4, 0.5) is 0 Å². The summed E-state index contributed by atoms with van der Waals surface area (Å²) in [6.45, 7) is 2.74. The van der Waals surface area contributed by atoms with Gasteiger partial charge in [-0.15, -0.1) is 0 Å². The van der Waals surface area contributed by atoms with Crippen LogP contribution in [0.5, 0.6) is 5.75 Å². The molecule has 0 N–H and O–H groups in total. The predicted octanol–water partition coefficient (Wildman–Crippen LogP) is 5.15. The van der Waals surface area contributed by atoms with Crippen LogP contribution in [0.25, 0.3) is 0 Å². The fraction of sp³-hybridized carbons (Fsp3) is 0.188. The molecule has 0 heterocycles. The number of halogens is 2. The average molecular weight is 397 g/mol. The van der Waals surface area contributed by atoms with Gasteiger partial charge in [0, 0.05) is 16.3 Å². The van der Waals surface area contributed by atoms with E-state index < -0.39 is 0 Å². The molecular weight excluding hydrogens is 382 g/mol. The second-order valence-corrected chi connectivity index (χ2v) is 6.24. The van der Waals surface area contributed by atoms with Crippen LogP contribution in [0, 0.1) is 6.92 Å². The van der Waals surface area contributed by atoms with Gasteiger partial charge in [-0.1, -0.05) is 45.8 Å². The van der Waals surface area contributed by atoms with E-state index >= 15 is 0 Å². The topological polar surface area (TPSA) is 21.6 Å². The van der Waals surface area contributed by atoms with Crippen molar-refractivity contribution in [2.45, 2.75) is 13.5 Å². The standard InChI is InChI=1S/C16H15Br2NO/c1-11-3-5-12(6-4-11)9-19-10-13-7-14(17)8-15(18)16(13)20-2/h3-8,10H,9H2,1-2H3. The maximum absolute atomic E-state index is 5.39. The monoisotopic (exact) mass is 395 g/mol. The lowest BCUT2D eigenvalue weighted by Gasteiger charge is -2.07. The molecule has 0 amide bonds. The summed E-state index contributed by atoms with van der Waals surface area (Å²) in [5.74, 6) is 0.792. The van der Waals surface area contributed by atoms with E-state index in [9.17, 15) is 0 Å². The zero-order chi connectivity index (χ0) is 14.5. The van der Waals surface area contributed by atoms with Gasteiger partial charge in [-0.25, -0.2) is 0 Å². The number of rotatable bonds is 4. The number of benzene rings is 2. The van der Waals surface area contributed by atoms with Crippen molar-refractivity contribution >= 4 is 38.1 Å². The number of hydrogen-bond donors (Lipinski definition) is 0. The second-order valence-electron chi connectivity index (χ2n) is 4.47. The van der Waals surface area contributed by atoms with Gasteiger partial charge < -0.3 is 4.74 Å². The SMILES string of the molecule is COc1c(Br)cc(Br)cc1C=NCc1ccc(C)cc1. The van der Waals surface area contributed by atoms with Crippen LogP contribution >= 0.6 is 31.9 Å². The van der Waals surface area contributed by atoms with E-state index in [1.165, 1.54) is 11.1 Å². The highest BCUT2D eigenvalue weighted by molar-refractivity contribution is 9.11. The lowest BCUT2D eigenvalue weighted by molar-refractivity contribution is 0.411. The van der Waals surface area contributed by atoms with Crippen LogP contribution in [0.1, 0.15) is 16.7 Å². The molecule has 0 radical (unpaired) electrons. The molecule has 2 nitrogen and oxygen atoms in total. The van der Waals surface area contributed by atoms with Crippen LogP contribution in [-0.2, 0) is 6.54 Å². The third-order valence-electron chi connectivity index (χ3n) is 2.87. The molecule has 0 bridgehead atoms. The molecule has 0 aromatic heterocycles. The zero-order valence-corrected chi connectivity index (χ0v) is 14.5. The molecule has 2 aromatic carbocycles. The zero-order valence-electron chi connectivity index (χ0n) is 11.4. The predicted molar refractivity (Wildman–Crippen MR) is 90.9 cm³/mol. The fourth-order valence-electron chi connectivity index (χ4n) is 1.83. The lowest BCUT2D eigenvalue weighted by atomic mass is 10.1. The Morgan fingerprint density at radius 1 is 1.15 bits per heavy atom. The highest BCUT2D eigenvalue weighted by atomic mass is 79.9. The Morgan fingerprint density at radius 2 is 1.85 bits per heavy atom. The Morgan fingerprint density at radius 3 is 2.50 bits per heavy atom. The van der Waals surface area contributed by atoms with Crippen molar-refractivity contribution in [3.05, 3.63) is 62.0 Å². The van der Waals surface area contributed by atoms with Gasteiger partial charge in [0.25, 0.3) is 0 Å². The van der Waals surface area contributed by atoms with Crippen molar-refractivity contribution in [3.63, 3.8) is 0 Å². The quantitative estimate of drug-likeness (QED) is 0.655. The van der Waals surface area contributed by atoms with Crippen molar-refractivity contribution in [1.29, 1.82) is 0 Å². The molecule has 0 saturated heterocycles. The molecule has 104 valence electrons. The van der Waals surface area contributed by atoms with Gasteiger partial charge in [-0.2, -0.15) is 0 Å². The Bertz CT molecular complexity index is 621. The van der Waals surface area contributed by atoms with Crippen molar-refractivity contribution in [2.24, 2.45) is 4.99 Å². The normalized spacial score (nSPS) is 11.0. The van der Waals surface area contributed by atoms with Gasteiger partial charge in [0.15, 0.2) is 0 Å². The van der Waals surface area contributed by atoms with Gasteiger partial charge in [-0.3, -0.25) is 4.99 Å². The summed E-state index contributed by atoms with van der Waals surface area (Å²) >= 11 is 6.96. The Balaban J connectivity index is 2.17. The largest absolute Gasteiger partial charge is 0.495 e. The molecule has 0 atom stereocenters. The maximum Gasteiger partial charge on any atom is 0.141 e. The summed E-state index contributed by atoms with van der Waals surface area (Å²) in [6.07, 6.45) is 1.84. The first kappa shape index (κ1) is 15.3. The highest BCUT2D eigenvalue weighted by Crippen LogP contribution is 2.31. The van der Waals surface area contributed by atoms with E-state index in [1.807, 2.05) is 18.3 Å². The summed E-state index contributed by atoms with van der Waals surface area (Å²) in [7, 11) is 1.66. The first-order valence-corrected chi connectivity index (χ1v) is 7.77. The van der Waals surface area contributed by atoms with E-state index in [-0.39, 0.29) is 0 Å². The number of methoxy groups -OCH3 is 1. The van der Waals surface area contributed by atoms with E-state index in [0.717, 1.165) is 20.3 Å². The van der Waals surface area contributed by atoms with Gasteiger partial charge >= 0.3 is 0 Å². The lowest BCUT2D eigenvalue weighted by Crippen LogP contribution is -1.93. The molecular formula is C16H15Br2NO. The van der Waals surface area contributed by atoms with Crippen molar-refractivity contribution in [2.75, 3.05) is 7.11 Å². The van der Waals surface area contributed by atoms with Crippen molar-refractivity contribution in [3.8, 4) is 5.75 Å². The summed E-state index contributed by atoms with van der Waals surface area (Å²) in [4.78, 5) is 4.49. The molecule has 0 unspecified atom stereocenters. The van der Waals surface area contributed by atoms with Gasteiger partial charge in [-0.05, 0) is 40.5 Å². The minimum absolute atomic E-state index is 0.660. The number of aryl methyl sites for hydroxylation is 1. The van der Waals surface area contributed by atoms with E-state index in [1.54, 1.807) is 7.11 Å². The Kier molecular flexibility index (Phi) is 5.38. The smallest absolute Gasteiger partial charge is 0.141 e. The van der Waals surface area contributed by atoms with Crippen LogP contribution in [0.3, 0.4) is 0 Å². The van der Waals surface area contributed by atoms with E-state index in [4.69, 9.17) is 4.74 Å². The summed E-state index contributed by atoms with van der Waals surface area (Å²) in [5, 5.41) is 0. The molecule has 0 aliphatic carbocycles. The minimum Gasteiger partial charge on any atom is -0.495 e. The Labute approximate surface area is 136 Å². The summed E-state index contributed by atoms with van der Waals surface area (Å²) < 4.78 is 7.29. The molecule has 0 aliphatic rings. The number of nitrogens with zero attached hydrogens (tertiary/aromatic N) is 1. The number of hydrogen-bond acceptors (Lipinski definition) is 2. The van der Waals surface area contributed by atoms with Crippen LogP contribution in [0.2, 0.25) is 0 Å². The van der Waals surface area contributed by atoms with Crippen LogP contribution < -0.4 is 4.74 Å². The van der Waals surface area contributed by atoms with Gasteiger partial charge in [0.2, 0.25) is 0 Å². The van der Waals surface area contributed by atoms with Gasteiger partial charge in [0.1, 0.15) is 5.75 Å². The molecule has 0 aliphatic heterocycles. The molecule has 2 rings (SSSR count). The fourth-order valence-corrected chi connectivity index (χ4v) is 3.25. The third kappa shape index (κ3) is 3.93. The second kappa shape index (κ2) is 7.04. The molecule has 0 spiro atoms. The summed E-state index contributed by atoms with van der Waals surface area (Å²) in [6, 6.07) is 12.3. The van der Waals surface area contributed by atoms with Crippen molar-refractivity contribution in [1.82, 2.24) is 0 Å². The van der Waals surface area contributed by atoms with Crippen LogP contribution in [-0.4, -0.2) is 13.3 Å². The van der Waals surface area contributed by atoms with Crippen molar-refractivity contribution < 1.29 is 4.74 Å². The number of aliphatic imine (C=N–C) groups is 1. The molecule has 4 heteroatoms. The average Bonchev–Trinajstić information content (AvgIpc) is 2.40. The highest BCUT2D eigenvalue weighted by Gasteiger charge is 2.07. The Hall–Kier alpha value is -1.13. The molecule has 0 saturated carbocycles. The molecule has 2 aromatic rings. The summed E-state index contributed by atoms with van der Waals surface area (Å²) in [5.41, 5.74) is 3.40. The molecule has 20 heavy (non-hydrogen) atoms. The molecule has 0 fully saturated rings. The number of ether oxygens (including phenoxy) is 1. The maximum atomic E-state index is 5.39. The minimum atomic E-state index is 0.660.